The summed E-state index contributed by atoms with van der Waals surface area (Å²) in [6.07, 6.45) is -0.576. The van der Waals surface area contributed by atoms with Crippen LogP contribution in [0.1, 0.15) is 25.3 Å². The van der Waals surface area contributed by atoms with E-state index >= 15 is 0 Å². The monoisotopic (exact) mass is 422 g/mol. The van der Waals surface area contributed by atoms with Gasteiger partial charge < -0.3 is 38.0 Å². The van der Waals surface area contributed by atoms with Crippen LogP contribution in [0.25, 0.3) is 0 Å². The second-order valence-corrected chi connectivity index (χ2v) is 6.87. The average Bonchev–Trinajstić information content (AvgIpc) is 2.69. The number of nitrogens with zero attached hydrogens (tertiary/aromatic N) is 1. The molecule has 0 aliphatic heterocycles. The van der Waals surface area contributed by atoms with E-state index < -0.39 is 42.0 Å². The Bertz CT molecular complexity index is 736. The van der Waals surface area contributed by atoms with Gasteiger partial charge in [-0.3, -0.25) is 14.6 Å². The molecule has 0 saturated heterocycles. The first-order chi connectivity index (χ1) is 14.1. The molecule has 1 aromatic rings. The van der Waals surface area contributed by atoms with Gasteiger partial charge in [-0.15, -0.1) is 0 Å². The van der Waals surface area contributed by atoms with Crippen molar-refractivity contribution in [2.75, 3.05) is 6.54 Å². The van der Waals surface area contributed by atoms with Crippen molar-refractivity contribution in [2.24, 2.45) is 22.2 Å². The number of carbonyl (C=O) groups is 3. The molecule has 0 saturated carbocycles. The number of nitrogens with one attached hydrogen (secondary N) is 2. The van der Waals surface area contributed by atoms with Crippen molar-refractivity contribution in [1.29, 1.82) is 0 Å². The number of aliphatic hydroxyl groups is 1. The van der Waals surface area contributed by atoms with Crippen molar-refractivity contribution in [3.8, 4) is 0 Å². The van der Waals surface area contributed by atoms with Gasteiger partial charge in [0.1, 0.15) is 18.1 Å². The van der Waals surface area contributed by atoms with Crippen molar-refractivity contribution in [3.63, 3.8) is 0 Å². The van der Waals surface area contributed by atoms with Crippen molar-refractivity contribution in [3.05, 3.63) is 35.9 Å². The molecule has 11 heteroatoms. The molecule has 1 aromatic carbocycles. The normalized spacial score (nSPS) is 14.6. The number of hydrogen-bond acceptors (Lipinski definition) is 6. The number of aliphatic hydroxyl groups excluding tert-OH is 1. The van der Waals surface area contributed by atoms with Crippen molar-refractivity contribution < 1.29 is 24.6 Å². The quantitative estimate of drug-likeness (QED) is 0.114. The number of aliphatic imine (C=N–C) groups is 1. The highest BCUT2D eigenvalue weighted by atomic mass is 16.4. The minimum absolute atomic E-state index is 0.0943. The van der Waals surface area contributed by atoms with E-state index in [0.29, 0.717) is 6.42 Å². The Hall–Kier alpha value is -3.18. The Morgan fingerprint density at radius 3 is 2.20 bits per heavy atom. The van der Waals surface area contributed by atoms with Gasteiger partial charge in [0.15, 0.2) is 5.96 Å². The summed E-state index contributed by atoms with van der Waals surface area (Å²) in [6.45, 7) is 1.57. The van der Waals surface area contributed by atoms with Gasteiger partial charge in [0.25, 0.3) is 0 Å². The van der Waals surface area contributed by atoms with E-state index in [1.165, 1.54) is 6.92 Å². The van der Waals surface area contributed by atoms with E-state index in [1.807, 2.05) is 0 Å². The van der Waals surface area contributed by atoms with Crippen LogP contribution in [0, 0.1) is 0 Å². The summed E-state index contributed by atoms with van der Waals surface area (Å²) in [5.41, 5.74) is 16.8. The SMILES string of the molecule is CC(O)C(N)C(=O)NC(Cc1ccccc1)C(=O)NC(CCCN=C(N)N)C(=O)O. The third-order valence-corrected chi connectivity index (χ3v) is 4.30. The summed E-state index contributed by atoms with van der Waals surface area (Å²) < 4.78 is 0. The fourth-order valence-electron chi connectivity index (χ4n) is 2.58. The lowest BCUT2D eigenvalue weighted by Gasteiger charge is -2.23. The van der Waals surface area contributed by atoms with E-state index in [2.05, 4.69) is 15.6 Å². The molecule has 0 bridgehead atoms. The van der Waals surface area contributed by atoms with Crippen LogP contribution >= 0.6 is 0 Å². The van der Waals surface area contributed by atoms with E-state index in [0.717, 1.165) is 5.56 Å². The third kappa shape index (κ3) is 8.88. The lowest BCUT2D eigenvalue weighted by atomic mass is 10.0. The topological polar surface area (TPSA) is 206 Å². The zero-order valence-corrected chi connectivity index (χ0v) is 16.8. The number of carbonyl (C=O) groups excluding carboxylic acids is 2. The summed E-state index contributed by atoms with van der Waals surface area (Å²) in [6, 6.07) is 5.39. The molecule has 166 valence electrons. The summed E-state index contributed by atoms with van der Waals surface area (Å²) in [4.78, 5) is 40.3. The Labute approximate surface area is 174 Å². The first-order valence-corrected chi connectivity index (χ1v) is 9.48. The first-order valence-electron chi connectivity index (χ1n) is 9.48. The summed E-state index contributed by atoms with van der Waals surface area (Å²) in [5, 5.41) is 23.8. The van der Waals surface area contributed by atoms with Crippen molar-refractivity contribution in [1.82, 2.24) is 10.6 Å². The van der Waals surface area contributed by atoms with E-state index in [9.17, 15) is 24.6 Å². The highest BCUT2D eigenvalue weighted by Gasteiger charge is 2.29. The molecular weight excluding hydrogens is 392 g/mol. The molecule has 0 fully saturated rings. The van der Waals surface area contributed by atoms with Crippen LogP contribution in [-0.2, 0) is 20.8 Å². The standard InChI is InChI=1S/C19H30N6O5/c1-11(26)15(20)17(28)25-14(10-12-6-3-2-4-7-12)16(27)24-13(18(29)30)8-5-9-23-19(21)22/h2-4,6-7,11,13-15,26H,5,8-10,20H2,1H3,(H,24,27)(H,25,28)(H,29,30)(H4,21,22,23). The lowest BCUT2D eigenvalue weighted by Crippen LogP contribution is -2.57. The van der Waals surface area contributed by atoms with Gasteiger partial charge in [0.2, 0.25) is 11.8 Å². The fraction of sp³-hybridized carbons (Fsp3) is 0.474. The Balaban J connectivity index is 2.88. The Morgan fingerprint density at radius 2 is 1.67 bits per heavy atom. The van der Waals surface area contributed by atoms with Gasteiger partial charge >= 0.3 is 5.97 Å². The number of aliphatic carboxylic acids is 1. The smallest absolute Gasteiger partial charge is 0.326 e. The van der Waals surface area contributed by atoms with Crippen LogP contribution in [0.2, 0.25) is 0 Å². The van der Waals surface area contributed by atoms with Gasteiger partial charge in [-0.2, -0.15) is 0 Å². The molecular formula is C19H30N6O5. The maximum Gasteiger partial charge on any atom is 0.326 e. The molecule has 10 N–H and O–H groups in total. The predicted octanol–water partition coefficient (Wildman–Crippen LogP) is -1.95. The van der Waals surface area contributed by atoms with Crippen LogP contribution in [0.15, 0.2) is 35.3 Å². The molecule has 2 amide bonds. The third-order valence-electron chi connectivity index (χ3n) is 4.30. The maximum absolute atomic E-state index is 12.8. The lowest BCUT2D eigenvalue weighted by molar-refractivity contribution is -0.142. The molecule has 4 unspecified atom stereocenters. The minimum atomic E-state index is -1.23. The van der Waals surface area contributed by atoms with Gasteiger partial charge in [0, 0.05) is 13.0 Å². The van der Waals surface area contributed by atoms with Crippen LogP contribution in [-0.4, -0.2) is 64.7 Å². The predicted molar refractivity (Wildman–Crippen MR) is 111 cm³/mol. The second-order valence-electron chi connectivity index (χ2n) is 6.87. The van der Waals surface area contributed by atoms with E-state index in [-0.39, 0.29) is 25.3 Å². The molecule has 0 heterocycles. The number of carboxylic acid groups (broad SMARTS) is 1. The van der Waals surface area contributed by atoms with E-state index in [4.69, 9.17) is 17.2 Å². The second kappa shape index (κ2) is 12.4. The average molecular weight is 422 g/mol. The van der Waals surface area contributed by atoms with Gasteiger partial charge in [0.05, 0.1) is 6.10 Å². The molecule has 0 aliphatic carbocycles. The largest absolute Gasteiger partial charge is 0.480 e. The molecule has 11 nitrogen and oxygen atoms in total. The molecule has 0 aromatic heterocycles. The zero-order valence-electron chi connectivity index (χ0n) is 16.8. The fourth-order valence-corrected chi connectivity index (χ4v) is 2.58. The van der Waals surface area contributed by atoms with Crippen molar-refractivity contribution in [2.45, 2.75) is 50.4 Å². The maximum atomic E-state index is 12.8. The highest BCUT2D eigenvalue weighted by Crippen LogP contribution is 2.06. The number of amides is 2. The van der Waals surface area contributed by atoms with Gasteiger partial charge in [-0.05, 0) is 25.3 Å². The Kier molecular flexibility index (Phi) is 10.3. The number of benzene rings is 1. The Morgan fingerprint density at radius 1 is 1.07 bits per heavy atom. The molecule has 0 aliphatic rings. The molecule has 0 radical (unpaired) electrons. The van der Waals surface area contributed by atoms with Crippen LogP contribution in [0.4, 0.5) is 0 Å². The molecule has 30 heavy (non-hydrogen) atoms. The number of rotatable bonds is 12. The summed E-state index contributed by atoms with van der Waals surface area (Å²) >= 11 is 0. The van der Waals surface area contributed by atoms with Crippen LogP contribution < -0.4 is 27.8 Å². The van der Waals surface area contributed by atoms with Gasteiger partial charge in [-0.25, -0.2) is 4.79 Å². The number of carboxylic acids is 1. The molecule has 4 atom stereocenters. The van der Waals surface area contributed by atoms with Gasteiger partial charge in [-0.1, -0.05) is 30.3 Å². The first kappa shape index (κ1) is 24.9. The minimum Gasteiger partial charge on any atom is -0.480 e. The number of nitrogens with two attached hydrogens (primary N) is 3. The number of guanidine groups is 1. The molecule has 0 spiro atoms. The summed E-state index contributed by atoms with van der Waals surface area (Å²) in [5.74, 6) is -2.73. The number of hydrogen-bond donors (Lipinski definition) is 7. The van der Waals surface area contributed by atoms with E-state index in [1.54, 1.807) is 30.3 Å². The molecule has 1 rings (SSSR count). The van der Waals surface area contributed by atoms with Crippen LogP contribution in [0.5, 0.6) is 0 Å². The summed E-state index contributed by atoms with van der Waals surface area (Å²) in [7, 11) is 0. The highest BCUT2D eigenvalue weighted by molar-refractivity contribution is 5.92. The van der Waals surface area contributed by atoms with Crippen molar-refractivity contribution >= 4 is 23.7 Å². The van der Waals surface area contributed by atoms with Crippen LogP contribution in [0.3, 0.4) is 0 Å². The zero-order chi connectivity index (χ0) is 22.7.